The maximum atomic E-state index is 13.2. The maximum absolute atomic E-state index is 13.2. The molecule has 5 heteroatoms. The minimum atomic E-state index is -0.0888. The summed E-state index contributed by atoms with van der Waals surface area (Å²) in [5, 5.41) is 11.0. The Morgan fingerprint density at radius 1 is 1.00 bits per heavy atom. The van der Waals surface area contributed by atoms with Crippen LogP contribution in [0, 0.1) is 11.8 Å². The summed E-state index contributed by atoms with van der Waals surface area (Å²) in [7, 11) is 0. The molecule has 0 bridgehead atoms. The molecule has 0 aliphatic carbocycles. The van der Waals surface area contributed by atoms with Gasteiger partial charge in [-0.25, -0.2) is 0 Å². The fraction of sp³-hybridized carbons (Fsp3) is 0.375. The topological polar surface area (TPSA) is 53.7 Å². The molecule has 0 atom stereocenters. The lowest BCUT2D eigenvalue weighted by molar-refractivity contribution is 0.209. The zero-order valence-corrected chi connectivity index (χ0v) is 19.0. The number of phenolic OH excluding ortho intramolecular Hbond substituents is 1. The fourth-order valence-corrected chi connectivity index (χ4v) is 3.95. The Morgan fingerprint density at radius 3 is 2.21 bits per heavy atom. The molecule has 0 unspecified atom stereocenters. The number of hydrogen-bond acceptors (Lipinski definition) is 4. The van der Waals surface area contributed by atoms with Gasteiger partial charge in [-0.1, -0.05) is 55.8 Å². The van der Waals surface area contributed by atoms with Crippen LogP contribution in [0.2, 0.25) is 0 Å². The predicted octanol–water partition coefficient (Wildman–Crippen LogP) is 6.04. The molecule has 1 heterocycles. The average molecular weight is 458 g/mol. The van der Waals surface area contributed by atoms with Crippen molar-refractivity contribution in [3.63, 3.8) is 0 Å². The van der Waals surface area contributed by atoms with Crippen LogP contribution in [0.25, 0.3) is 22.1 Å². The number of nitrogens with zero attached hydrogens (tertiary/aromatic N) is 1. The molecule has 3 aromatic rings. The zero-order chi connectivity index (χ0) is 21.1. The van der Waals surface area contributed by atoms with Crippen molar-refractivity contribution in [3.05, 3.63) is 62.9 Å². The number of aromatic hydroxyl groups is 1. The lowest BCUT2D eigenvalue weighted by Gasteiger charge is -2.26. The van der Waals surface area contributed by atoms with Gasteiger partial charge in [0, 0.05) is 24.1 Å². The van der Waals surface area contributed by atoms with Crippen molar-refractivity contribution in [1.82, 2.24) is 4.90 Å². The van der Waals surface area contributed by atoms with Gasteiger partial charge in [-0.15, -0.1) is 0 Å². The molecule has 4 nitrogen and oxygen atoms in total. The van der Waals surface area contributed by atoms with Crippen molar-refractivity contribution < 1.29 is 9.52 Å². The van der Waals surface area contributed by atoms with E-state index < -0.39 is 0 Å². The molecule has 0 spiro atoms. The monoisotopic (exact) mass is 457 g/mol. The summed E-state index contributed by atoms with van der Waals surface area (Å²) < 4.78 is 6.89. The Kier molecular flexibility index (Phi) is 6.81. The fourth-order valence-electron chi connectivity index (χ4n) is 3.69. The second-order valence-corrected chi connectivity index (χ2v) is 9.32. The summed E-state index contributed by atoms with van der Waals surface area (Å²) >= 11 is 3.42. The number of fused-ring (bicyclic) bond motifs is 1. The van der Waals surface area contributed by atoms with E-state index in [0.717, 1.165) is 23.1 Å². The van der Waals surface area contributed by atoms with E-state index in [4.69, 9.17) is 4.42 Å². The first-order chi connectivity index (χ1) is 13.8. The van der Waals surface area contributed by atoms with Crippen LogP contribution in [0.3, 0.4) is 0 Å². The summed E-state index contributed by atoms with van der Waals surface area (Å²) in [4.78, 5) is 15.5. The van der Waals surface area contributed by atoms with Crippen molar-refractivity contribution in [1.29, 1.82) is 0 Å². The second-order valence-electron chi connectivity index (χ2n) is 8.41. The van der Waals surface area contributed by atoms with Crippen LogP contribution in [0.5, 0.6) is 5.75 Å². The molecule has 0 amide bonds. The lowest BCUT2D eigenvalue weighted by Crippen LogP contribution is -2.31. The molecule has 3 rings (SSSR count). The first-order valence-corrected chi connectivity index (χ1v) is 10.8. The zero-order valence-electron chi connectivity index (χ0n) is 17.4. The molecule has 29 heavy (non-hydrogen) atoms. The van der Waals surface area contributed by atoms with E-state index >= 15 is 0 Å². The summed E-state index contributed by atoms with van der Waals surface area (Å²) in [6, 6.07) is 10.8. The van der Waals surface area contributed by atoms with Crippen LogP contribution in [-0.2, 0) is 6.54 Å². The number of phenols is 1. The van der Waals surface area contributed by atoms with E-state index in [2.05, 4.69) is 48.5 Å². The highest BCUT2D eigenvalue weighted by atomic mass is 79.9. The first-order valence-electron chi connectivity index (χ1n) is 10.0. The van der Waals surface area contributed by atoms with Crippen LogP contribution in [-0.4, -0.2) is 23.1 Å². The number of benzene rings is 2. The molecule has 154 valence electrons. The van der Waals surface area contributed by atoms with E-state index in [1.54, 1.807) is 12.1 Å². The van der Waals surface area contributed by atoms with Crippen molar-refractivity contribution in [2.24, 2.45) is 11.8 Å². The van der Waals surface area contributed by atoms with Gasteiger partial charge in [0.25, 0.3) is 0 Å². The van der Waals surface area contributed by atoms with Gasteiger partial charge in [-0.2, -0.15) is 0 Å². The third-order valence-electron chi connectivity index (χ3n) is 4.80. The molecule has 0 aliphatic rings. The molecule has 0 radical (unpaired) electrons. The standard InChI is InChI=1S/C24H28BrNO3/c1-15(2)11-26(12-16(3)4)13-20-22(27)10-9-19-23(28)21(14-29-24(19)20)17-5-7-18(25)8-6-17/h5-10,14-16,27H,11-13H2,1-4H3. The highest BCUT2D eigenvalue weighted by Crippen LogP contribution is 2.30. The van der Waals surface area contributed by atoms with E-state index in [9.17, 15) is 9.90 Å². The van der Waals surface area contributed by atoms with E-state index in [-0.39, 0.29) is 11.2 Å². The Labute approximate surface area is 180 Å². The predicted molar refractivity (Wildman–Crippen MR) is 122 cm³/mol. The quantitative estimate of drug-likeness (QED) is 0.469. The van der Waals surface area contributed by atoms with Gasteiger partial charge in [-0.05, 0) is 41.7 Å². The normalized spacial score (nSPS) is 11.9. The minimum Gasteiger partial charge on any atom is -0.507 e. The van der Waals surface area contributed by atoms with E-state index in [0.29, 0.717) is 40.5 Å². The van der Waals surface area contributed by atoms with Crippen LogP contribution in [0.1, 0.15) is 33.3 Å². The minimum absolute atomic E-state index is 0.0888. The van der Waals surface area contributed by atoms with Gasteiger partial charge < -0.3 is 9.52 Å². The molecule has 0 aliphatic heterocycles. The van der Waals surface area contributed by atoms with E-state index in [1.165, 1.54) is 6.26 Å². The van der Waals surface area contributed by atoms with Gasteiger partial charge in [0.05, 0.1) is 16.5 Å². The summed E-state index contributed by atoms with van der Waals surface area (Å²) in [6.07, 6.45) is 1.51. The van der Waals surface area contributed by atoms with Gasteiger partial charge >= 0.3 is 0 Å². The molecular weight excluding hydrogens is 430 g/mol. The smallest absolute Gasteiger partial charge is 0.200 e. The molecule has 2 aromatic carbocycles. The van der Waals surface area contributed by atoms with Crippen LogP contribution < -0.4 is 5.43 Å². The Bertz CT molecular complexity index is 1030. The largest absolute Gasteiger partial charge is 0.507 e. The number of hydrogen-bond donors (Lipinski definition) is 1. The van der Waals surface area contributed by atoms with Gasteiger partial charge in [-0.3, -0.25) is 9.69 Å². The molecular formula is C24H28BrNO3. The van der Waals surface area contributed by atoms with Crippen LogP contribution >= 0.6 is 15.9 Å². The van der Waals surface area contributed by atoms with Crippen molar-refractivity contribution >= 4 is 26.9 Å². The van der Waals surface area contributed by atoms with Gasteiger partial charge in [0.1, 0.15) is 17.6 Å². The highest BCUT2D eigenvalue weighted by Gasteiger charge is 2.19. The van der Waals surface area contributed by atoms with E-state index in [1.807, 2.05) is 24.3 Å². The highest BCUT2D eigenvalue weighted by molar-refractivity contribution is 9.10. The Morgan fingerprint density at radius 2 is 1.62 bits per heavy atom. The van der Waals surface area contributed by atoms with Crippen LogP contribution in [0.4, 0.5) is 0 Å². The molecule has 0 fully saturated rings. The first kappa shape index (κ1) is 21.6. The van der Waals surface area contributed by atoms with Crippen LogP contribution in [0.15, 0.2) is 56.3 Å². The third kappa shape index (κ3) is 5.09. The van der Waals surface area contributed by atoms with Crippen molar-refractivity contribution in [2.45, 2.75) is 34.2 Å². The van der Waals surface area contributed by atoms with Gasteiger partial charge in [0.15, 0.2) is 0 Å². The molecule has 0 saturated heterocycles. The number of rotatable bonds is 7. The summed E-state index contributed by atoms with van der Waals surface area (Å²) in [5.41, 5.74) is 2.37. The summed E-state index contributed by atoms with van der Waals surface area (Å²) in [6.45, 7) is 11.1. The third-order valence-corrected chi connectivity index (χ3v) is 5.33. The SMILES string of the molecule is CC(C)CN(Cc1c(O)ccc2c(=O)c(-c3ccc(Br)cc3)coc12)CC(C)C. The molecule has 1 N–H and O–H groups in total. The number of halogens is 1. The molecule has 0 saturated carbocycles. The van der Waals surface area contributed by atoms with Gasteiger partial charge in [0.2, 0.25) is 5.43 Å². The Balaban J connectivity index is 2.06. The average Bonchev–Trinajstić information content (AvgIpc) is 2.64. The molecule has 1 aromatic heterocycles. The summed E-state index contributed by atoms with van der Waals surface area (Å²) in [5.74, 6) is 1.17. The Hall–Kier alpha value is -2.11. The lowest BCUT2D eigenvalue weighted by atomic mass is 10.0. The maximum Gasteiger partial charge on any atom is 0.200 e. The van der Waals surface area contributed by atoms with Crippen molar-refractivity contribution in [3.8, 4) is 16.9 Å². The second kappa shape index (κ2) is 9.14. The van der Waals surface area contributed by atoms with Crippen molar-refractivity contribution in [2.75, 3.05) is 13.1 Å².